The second-order valence-electron chi connectivity index (χ2n) is 5.03. The zero-order valence-electron chi connectivity index (χ0n) is 10.9. The maximum absolute atomic E-state index is 5.80. The van der Waals surface area contributed by atoms with Gasteiger partial charge in [-0.1, -0.05) is 46.6 Å². The number of halogens is 1. The van der Waals surface area contributed by atoms with Crippen molar-refractivity contribution in [2.24, 2.45) is 5.92 Å². The molecule has 94 valence electrons. The first-order chi connectivity index (χ1) is 8.13. The Morgan fingerprint density at radius 3 is 2.88 bits per heavy atom. The largest absolute Gasteiger partial charge is 0.378 e. The number of alkyl halides is 1. The molecule has 0 spiro atoms. The Morgan fingerprint density at radius 1 is 1.41 bits per heavy atom. The topological polar surface area (TPSA) is 9.23 Å². The smallest absolute Gasteiger partial charge is 0.0615 e. The molecule has 3 atom stereocenters. The molecule has 1 aromatic rings. The van der Waals surface area contributed by atoms with Gasteiger partial charge >= 0.3 is 0 Å². The fourth-order valence-electron chi connectivity index (χ4n) is 2.71. The van der Waals surface area contributed by atoms with Gasteiger partial charge in [0.05, 0.1) is 6.10 Å². The number of benzene rings is 1. The summed E-state index contributed by atoms with van der Waals surface area (Å²) >= 11 is 3.90. The zero-order chi connectivity index (χ0) is 12.4. The Hall–Kier alpha value is -0.340. The Bertz CT molecular complexity index is 389. The van der Waals surface area contributed by atoms with Crippen molar-refractivity contribution in [3.05, 3.63) is 34.9 Å². The van der Waals surface area contributed by atoms with Crippen LogP contribution in [0.1, 0.15) is 41.3 Å². The summed E-state index contributed by atoms with van der Waals surface area (Å²) in [6.45, 7) is 7.48. The quantitative estimate of drug-likeness (QED) is 0.743. The van der Waals surface area contributed by atoms with E-state index in [9.17, 15) is 0 Å². The molecule has 17 heavy (non-hydrogen) atoms. The first kappa shape index (κ1) is 13.1. The molecule has 2 heteroatoms. The summed E-state index contributed by atoms with van der Waals surface area (Å²) in [5.41, 5.74) is 4.14. The lowest BCUT2D eigenvalue weighted by Crippen LogP contribution is -2.19. The highest BCUT2D eigenvalue weighted by molar-refractivity contribution is 9.09. The van der Waals surface area contributed by atoms with E-state index in [2.05, 4.69) is 54.9 Å². The second-order valence-corrected chi connectivity index (χ2v) is 6.02. The SMILES string of the molecule is CCC1OCCC1C(Br)c1cc(C)ccc1C. The number of hydrogen-bond donors (Lipinski definition) is 0. The summed E-state index contributed by atoms with van der Waals surface area (Å²) in [7, 11) is 0. The van der Waals surface area contributed by atoms with E-state index in [1.54, 1.807) is 0 Å². The lowest BCUT2D eigenvalue weighted by molar-refractivity contribution is 0.0872. The standard InChI is InChI=1S/C15H21BrO/c1-4-14-12(7-8-17-14)15(16)13-9-10(2)5-6-11(13)3/h5-6,9,12,14-15H,4,7-8H2,1-3H3. The molecule has 0 bridgehead atoms. The van der Waals surface area contributed by atoms with Gasteiger partial charge in [0.1, 0.15) is 0 Å². The van der Waals surface area contributed by atoms with E-state index in [-0.39, 0.29) is 0 Å². The van der Waals surface area contributed by atoms with Crippen LogP contribution in [0.5, 0.6) is 0 Å². The zero-order valence-corrected chi connectivity index (χ0v) is 12.5. The molecule has 0 aliphatic carbocycles. The van der Waals surface area contributed by atoms with Crippen LogP contribution in [0.3, 0.4) is 0 Å². The second kappa shape index (κ2) is 5.53. The van der Waals surface area contributed by atoms with Crippen molar-refractivity contribution in [3.8, 4) is 0 Å². The Kier molecular flexibility index (Phi) is 4.26. The van der Waals surface area contributed by atoms with Crippen molar-refractivity contribution in [1.29, 1.82) is 0 Å². The summed E-state index contributed by atoms with van der Waals surface area (Å²) in [5, 5.41) is 0. The molecular formula is C15H21BrO. The molecule has 0 amide bonds. The van der Waals surface area contributed by atoms with E-state index in [1.807, 2.05) is 0 Å². The van der Waals surface area contributed by atoms with Crippen LogP contribution in [-0.2, 0) is 4.74 Å². The van der Waals surface area contributed by atoms with Gasteiger partial charge in [-0.2, -0.15) is 0 Å². The average molecular weight is 297 g/mol. The lowest BCUT2D eigenvalue weighted by Gasteiger charge is -2.24. The molecule has 0 aromatic heterocycles. The molecule has 1 aromatic carbocycles. The van der Waals surface area contributed by atoms with Crippen molar-refractivity contribution < 1.29 is 4.74 Å². The van der Waals surface area contributed by atoms with Crippen LogP contribution in [0.4, 0.5) is 0 Å². The molecule has 0 saturated carbocycles. The summed E-state index contributed by atoms with van der Waals surface area (Å²) in [5.74, 6) is 0.612. The highest BCUT2D eigenvalue weighted by Crippen LogP contribution is 2.41. The lowest BCUT2D eigenvalue weighted by atomic mass is 9.89. The molecular weight excluding hydrogens is 276 g/mol. The number of hydrogen-bond acceptors (Lipinski definition) is 1. The van der Waals surface area contributed by atoms with Crippen LogP contribution < -0.4 is 0 Å². The van der Waals surface area contributed by atoms with Gasteiger partial charge in [0.15, 0.2) is 0 Å². The first-order valence-electron chi connectivity index (χ1n) is 6.46. The van der Waals surface area contributed by atoms with Gasteiger partial charge in [0, 0.05) is 17.4 Å². The van der Waals surface area contributed by atoms with Gasteiger partial charge in [-0.25, -0.2) is 0 Å². The maximum Gasteiger partial charge on any atom is 0.0615 e. The molecule has 1 aliphatic heterocycles. The minimum Gasteiger partial charge on any atom is -0.378 e. The summed E-state index contributed by atoms with van der Waals surface area (Å²) in [6, 6.07) is 6.70. The predicted octanol–water partition coefficient (Wildman–Crippen LogP) is 4.55. The normalized spacial score (nSPS) is 26.1. The van der Waals surface area contributed by atoms with Crippen LogP contribution in [0, 0.1) is 19.8 Å². The van der Waals surface area contributed by atoms with E-state index in [0.717, 1.165) is 13.0 Å². The summed E-state index contributed by atoms with van der Waals surface area (Å²) < 4.78 is 5.80. The van der Waals surface area contributed by atoms with E-state index in [1.165, 1.54) is 23.1 Å². The molecule has 3 unspecified atom stereocenters. The van der Waals surface area contributed by atoms with Gasteiger partial charge in [-0.05, 0) is 37.8 Å². The fraction of sp³-hybridized carbons (Fsp3) is 0.600. The van der Waals surface area contributed by atoms with Gasteiger partial charge in [-0.15, -0.1) is 0 Å². The third-order valence-electron chi connectivity index (χ3n) is 3.77. The Morgan fingerprint density at radius 2 is 2.18 bits per heavy atom. The number of rotatable bonds is 3. The third kappa shape index (κ3) is 2.74. The van der Waals surface area contributed by atoms with E-state index in [0.29, 0.717) is 16.8 Å². The molecule has 1 nitrogen and oxygen atoms in total. The Labute approximate surface area is 113 Å². The van der Waals surface area contributed by atoms with Crippen molar-refractivity contribution >= 4 is 15.9 Å². The van der Waals surface area contributed by atoms with E-state index < -0.39 is 0 Å². The highest BCUT2D eigenvalue weighted by atomic mass is 79.9. The van der Waals surface area contributed by atoms with Crippen LogP contribution in [0.2, 0.25) is 0 Å². The molecule has 0 N–H and O–H groups in total. The van der Waals surface area contributed by atoms with Crippen LogP contribution in [-0.4, -0.2) is 12.7 Å². The molecule has 1 fully saturated rings. The van der Waals surface area contributed by atoms with Gasteiger partial charge in [0.2, 0.25) is 0 Å². The minimum atomic E-state index is 0.416. The van der Waals surface area contributed by atoms with Gasteiger partial charge < -0.3 is 4.74 Å². The van der Waals surface area contributed by atoms with Crippen LogP contribution in [0.15, 0.2) is 18.2 Å². The molecule has 1 aliphatic rings. The molecule has 1 saturated heterocycles. The van der Waals surface area contributed by atoms with E-state index in [4.69, 9.17) is 4.74 Å². The van der Waals surface area contributed by atoms with Crippen LogP contribution in [0.25, 0.3) is 0 Å². The molecule has 2 rings (SSSR count). The average Bonchev–Trinajstić information content (AvgIpc) is 2.79. The van der Waals surface area contributed by atoms with E-state index >= 15 is 0 Å². The predicted molar refractivity (Wildman–Crippen MR) is 75.7 cm³/mol. The van der Waals surface area contributed by atoms with Crippen LogP contribution >= 0.6 is 15.9 Å². The summed E-state index contributed by atoms with van der Waals surface area (Å²) in [4.78, 5) is 0.426. The number of ether oxygens (including phenoxy) is 1. The van der Waals surface area contributed by atoms with Gasteiger partial charge in [0.25, 0.3) is 0 Å². The highest BCUT2D eigenvalue weighted by Gasteiger charge is 2.33. The van der Waals surface area contributed by atoms with Crippen molar-refractivity contribution in [2.45, 2.75) is 44.5 Å². The minimum absolute atomic E-state index is 0.416. The Balaban J connectivity index is 2.24. The fourth-order valence-corrected chi connectivity index (χ4v) is 3.81. The first-order valence-corrected chi connectivity index (χ1v) is 7.38. The van der Waals surface area contributed by atoms with Gasteiger partial charge in [-0.3, -0.25) is 0 Å². The molecule has 0 radical (unpaired) electrons. The van der Waals surface area contributed by atoms with Crippen molar-refractivity contribution in [3.63, 3.8) is 0 Å². The third-order valence-corrected chi connectivity index (χ3v) is 4.94. The monoisotopic (exact) mass is 296 g/mol. The van der Waals surface area contributed by atoms with Crippen molar-refractivity contribution in [2.75, 3.05) is 6.61 Å². The molecule has 1 heterocycles. The number of aryl methyl sites for hydroxylation is 2. The summed E-state index contributed by atoms with van der Waals surface area (Å²) in [6.07, 6.45) is 2.69. The maximum atomic E-state index is 5.80. The van der Waals surface area contributed by atoms with Crippen molar-refractivity contribution in [1.82, 2.24) is 0 Å².